The van der Waals surface area contributed by atoms with Gasteiger partial charge in [-0.05, 0) is 32.3 Å². The summed E-state index contributed by atoms with van der Waals surface area (Å²) in [5, 5.41) is 0.765. The highest BCUT2D eigenvalue weighted by molar-refractivity contribution is 6.31. The Bertz CT molecular complexity index is 206. The standard InChI is InChI=1S/C10H15ClO/c1-3-8(2)12-10-7-5-4-6-9(10)11/h6-8H,3-5H2,1-2H3. The van der Waals surface area contributed by atoms with Gasteiger partial charge in [0.1, 0.15) is 5.76 Å². The van der Waals surface area contributed by atoms with Crippen LogP contribution in [-0.2, 0) is 4.74 Å². The minimum atomic E-state index is 0.261. The molecule has 2 heteroatoms. The first-order chi connectivity index (χ1) is 5.74. The molecule has 12 heavy (non-hydrogen) atoms. The van der Waals surface area contributed by atoms with E-state index >= 15 is 0 Å². The summed E-state index contributed by atoms with van der Waals surface area (Å²) in [4.78, 5) is 0. The van der Waals surface area contributed by atoms with E-state index in [0.717, 1.165) is 30.1 Å². The van der Waals surface area contributed by atoms with Crippen LogP contribution in [0.2, 0.25) is 0 Å². The lowest BCUT2D eigenvalue weighted by molar-refractivity contribution is 0.135. The summed E-state index contributed by atoms with van der Waals surface area (Å²) in [6, 6.07) is 0. The van der Waals surface area contributed by atoms with Gasteiger partial charge < -0.3 is 4.74 Å². The molecule has 0 saturated carbocycles. The first-order valence-electron chi connectivity index (χ1n) is 4.47. The fraction of sp³-hybridized carbons (Fsp3) is 0.600. The summed E-state index contributed by atoms with van der Waals surface area (Å²) >= 11 is 5.95. The fourth-order valence-electron chi connectivity index (χ4n) is 1.03. The Morgan fingerprint density at radius 1 is 1.50 bits per heavy atom. The molecule has 1 aliphatic rings. The Morgan fingerprint density at radius 2 is 2.17 bits per heavy atom. The minimum Gasteiger partial charge on any atom is -0.490 e. The second kappa shape index (κ2) is 4.56. The molecule has 0 saturated heterocycles. The van der Waals surface area contributed by atoms with Crippen LogP contribution in [0.4, 0.5) is 0 Å². The van der Waals surface area contributed by atoms with Crippen molar-refractivity contribution >= 4 is 11.6 Å². The molecule has 0 aliphatic heterocycles. The highest BCUT2D eigenvalue weighted by atomic mass is 35.5. The van der Waals surface area contributed by atoms with Crippen molar-refractivity contribution in [2.45, 2.75) is 39.2 Å². The van der Waals surface area contributed by atoms with Gasteiger partial charge in [0.2, 0.25) is 0 Å². The van der Waals surface area contributed by atoms with E-state index in [0.29, 0.717) is 0 Å². The fourth-order valence-corrected chi connectivity index (χ4v) is 1.26. The average molecular weight is 187 g/mol. The number of halogens is 1. The highest BCUT2D eigenvalue weighted by Crippen LogP contribution is 2.24. The zero-order valence-corrected chi connectivity index (χ0v) is 8.40. The minimum absolute atomic E-state index is 0.261. The Morgan fingerprint density at radius 3 is 2.75 bits per heavy atom. The van der Waals surface area contributed by atoms with E-state index in [-0.39, 0.29) is 6.10 Å². The first kappa shape index (κ1) is 9.66. The second-order valence-electron chi connectivity index (χ2n) is 3.03. The summed E-state index contributed by atoms with van der Waals surface area (Å²) < 4.78 is 5.61. The van der Waals surface area contributed by atoms with Gasteiger partial charge in [-0.25, -0.2) is 0 Å². The van der Waals surface area contributed by atoms with Crippen LogP contribution in [0.15, 0.2) is 22.9 Å². The largest absolute Gasteiger partial charge is 0.490 e. The normalized spacial score (nSPS) is 19.6. The zero-order chi connectivity index (χ0) is 8.97. The zero-order valence-electron chi connectivity index (χ0n) is 7.64. The van der Waals surface area contributed by atoms with Gasteiger partial charge in [-0.15, -0.1) is 0 Å². The molecule has 0 spiro atoms. The number of hydrogen-bond acceptors (Lipinski definition) is 1. The lowest BCUT2D eigenvalue weighted by Gasteiger charge is -2.17. The first-order valence-corrected chi connectivity index (χ1v) is 4.84. The molecule has 0 aromatic heterocycles. The van der Waals surface area contributed by atoms with Crippen LogP contribution in [0, 0.1) is 0 Å². The third kappa shape index (κ3) is 2.56. The maximum atomic E-state index is 5.95. The van der Waals surface area contributed by atoms with Gasteiger partial charge >= 0.3 is 0 Å². The van der Waals surface area contributed by atoms with Crippen LogP contribution in [0.25, 0.3) is 0 Å². The molecule has 68 valence electrons. The molecule has 0 fully saturated rings. The molecule has 1 aliphatic carbocycles. The predicted molar refractivity (Wildman–Crippen MR) is 52.1 cm³/mol. The smallest absolute Gasteiger partial charge is 0.133 e. The van der Waals surface area contributed by atoms with E-state index in [1.165, 1.54) is 0 Å². The predicted octanol–water partition coefficient (Wildman–Crippen LogP) is 3.60. The van der Waals surface area contributed by atoms with Crippen molar-refractivity contribution in [1.29, 1.82) is 0 Å². The Kier molecular flexibility index (Phi) is 3.67. The lowest BCUT2D eigenvalue weighted by Crippen LogP contribution is -2.07. The maximum Gasteiger partial charge on any atom is 0.133 e. The van der Waals surface area contributed by atoms with E-state index in [1.54, 1.807) is 0 Å². The summed E-state index contributed by atoms with van der Waals surface area (Å²) in [7, 11) is 0. The van der Waals surface area contributed by atoms with Gasteiger partial charge in [-0.3, -0.25) is 0 Å². The van der Waals surface area contributed by atoms with Gasteiger partial charge in [-0.1, -0.05) is 24.6 Å². The van der Waals surface area contributed by atoms with Crippen molar-refractivity contribution in [2.24, 2.45) is 0 Å². The average Bonchev–Trinajstić information content (AvgIpc) is 2.09. The van der Waals surface area contributed by atoms with Gasteiger partial charge in [0, 0.05) is 0 Å². The molecule has 0 heterocycles. The van der Waals surface area contributed by atoms with Crippen LogP contribution in [0.1, 0.15) is 33.1 Å². The molecule has 0 aromatic carbocycles. The van der Waals surface area contributed by atoms with Crippen LogP contribution in [0.5, 0.6) is 0 Å². The molecule has 1 atom stereocenters. The van der Waals surface area contributed by atoms with Crippen molar-refractivity contribution < 1.29 is 4.74 Å². The van der Waals surface area contributed by atoms with Crippen LogP contribution in [0.3, 0.4) is 0 Å². The molecule has 0 bridgehead atoms. The summed E-state index contributed by atoms with van der Waals surface area (Å²) in [6.07, 6.45) is 7.43. The van der Waals surface area contributed by atoms with E-state index in [1.807, 2.05) is 6.08 Å². The maximum absolute atomic E-state index is 5.95. The van der Waals surface area contributed by atoms with Crippen molar-refractivity contribution in [3.05, 3.63) is 22.9 Å². The van der Waals surface area contributed by atoms with Crippen molar-refractivity contribution in [1.82, 2.24) is 0 Å². The molecule has 1 unspecified atom stereocenters. The number of rotatable bonds is 3. The van der Waals surface area contributed by atoms with E-state index in [2.05, 4.69) is 19.9 Å². The molecule has 0 N–H and O–H groups in total. The van der Waals surface area contributed by atoms with Gasteiger partial charge in [0.15, 0.2) is 0 Å². The summed E-state index contributed by atoms with van der Waals surface area (Å²) in [5.74, 6) is 0.859. The van der Waals surface area contributed by atoms with Crippen LogP contribution >= 0.6 is 11.6 Å². The van der Waals surface area contributed by atoms with Crippen molar-refractivity contribution in [2.75, 3.05) is 0 Å². The SMILES string of the molecule is CCC(C)OC1=CCCC=C1Cl. The van der Waals surface area contributed by atoms with E-state index in [9.17, 15) is 0 Å². The number of ether oxygens (including phenoxy) is 1. The number of allylic oxidation sites excluding steroid dienone is 3. The molecule has 0 amide bonds. The van der Waals surface area contributed by atoms with Gasteiger partial charge in [0.25, 0.3) is 0 Å². The lowest BCUT2D eigenvalue weighted by atomic mass is 10.2. The second-order valence-corrected chi connectivity index (χ2v) is 3.44. The molecule has 0 aromatic rings. The van der Waals surface area contributed by atoms with E-state index in [4.69, 9.17) is 16.3 Å². The Labute approximate surface area is 79.1 Å². The third-order valence-electron chi connectivity index (χ3n) is 1.96. The monoisotopic (exact) mass is 186 g/mol. The molecule has 1 nitrogen and oxygen atoms in total. The third-order valence-corrected chi connectivity index (χ3v) is 2.30. The topological polar surface area (TPSA) is 9.23 Å². The molecule has 1 rings (SSSR count). The van der Waals surface area contributed by atoms with E-state index < -0.39 is 0 Å². The molecular formula is C10H15ClO. The molecular weight excluding hydrogens is 172 g/mol. The highest BCUT2D eigenvalue weighted by Gasteiger charge is 2.09. The summed E-state index contributed by atoms with van der Waals surface area (Å²) in [5.41, 5.74) is 0. The number of hydrogen-bond donors (Lipinski definition) is 0. The van der Waals surface area contributed by atoms with Crippen molar-refractivity contribution in [3.8, 4) is 0 Å². The van der Waals surface area contributed by atoms with Crippen LogP contribution in [-0.4, -0.2) is 6.10 Å². The van der Waals surface area contributed by atoms with Gasteiger partial charge in [0.05, 0.1) is 11.1 Å². The van der Waals surface area contributed by atoms with Gasteiger partial charge in [-0.2, -0.15) is 0 Å². The molecule has 0 radical (unpaired) electrons. The van der Waals surface area contributed by atoms with Crippen LogP contribution < -0.4 is 0 Å². The Hall–Kier alpha value is -0.430. The quantitative estimate of drug-likeness (QED) is 0.655. The van der Waals surface area contributed by atoms with Crippen molar-refractivity contribution in [3.63, 3.8) is 0 Å². The Balaban J connectivity index is 2.51. The summed E-state index contributed by atoms with van der Waals surface area (Å²) in [6.45, 7) is 4.16.